The van der Waals surface area contributed by atoms with Crippen LogP contribution in [-0.2, 0) is 4.79 Å². The molecule has 0 atom stereocenters. The first-order valence-electron chi connectivity index (χ1n) is 9.42. The Balaban J connectivity index is 1.60. The van der Waals surface area contributed by atoms with Crippen LogP contribution in [0.4, 0.5) is 11.6 Å². The number of nitrogens with one attached hydrogen (secondary N) is 2. The summed E-state index contributed by atoms with van der Waals surface area (Å²) in [5, 5.41) is 16.1. The van der Waals surface area contributed by atoms with Gasteiger partial charge in [0.25, 0.3) is 5.95 Å². The Kier molecular flexibility index (Phi) is 8.26. The molecule has 13 heteroatoms. The fourth-order valence-electron chi connectivity index (χ4n) is 2.66. The second-order valence-corrected chi connectivity index (χ2v) is 8.37. The van der Waals surface area contributed by atoms with E-state index in [0.29, 0.717) is 38.1 Å². The van der Waals surface area contributed by atoms with E-state index in [2.05, 4.69) is 26.0 Å². The van der Waals surface area contributed by atoms with E-state index in [1.807, 2.05) is 13.0 Å². The van der Waals surface area contributed by atoms with Crippen molar-refractivity contribution in [2.45, 2.75) is 12.1 Å². The van der Waals surface area contributed by atoms with Crippen LogP contribution < -0.4 is 26.1 Å². The molecule has 0 bridgehead atoms. The average molecular weight is 510 g/mol. The Bertz CT molecular complexity index is 1170. The van der Waals surface area contributed by atoms with E-state index in [4.69, 9.17) is 38.5 Å². The molecule has 0 aliphatic rings. The number of carbonyl (C=O) groups excluding carboxylic acids is 1. The van der Waals surface area contributed by atoms with Crippen LogP contribution in [0.5, 0.6) is 11.5 Å². The number of thioether (sulfide) groups is 1. The fourth-order valence-corrected chi connectivity index (χ4v) is 3.85. The average Bonchev–Trinajstić information content (AvgIpc) is 3.14. The molecule has 0 spiro atoms. The first-order chi connectivity index (χ1) is 15.8. The molecule has 0 unspecified atom stereocenters. The van der Waals surface area contributed by atoms with Crippen LogP contribution in [0.3, 0.4) is 0 Å². The zero-order valence-electron chi connectivity index (χ0n) is 17.9. The highest BCUT2D eigenvalue weighted by Gasteiger charge is 2.13. The third-order valence-corrected chi connectivity index (χ3v) is 5.65. The number of hydrogen-bond donors (Lipinski definition) is 3. The molecule has 0 saturated heterocycles. The van der Waals surface area contributed by atoms with Crippen molar-refractivity contribution in [3.8, 4) is 11.5 Å². The molecule has 0 saturated carbocycles. The van der Waals surface area contributed by atoms with Crippen LogP contribution in [0.1, 0.15) is 12.5 Å². The zero-order chi connectivity index (χ0) is 24.0. The number of hydrogen-bond acceptors (Lipinski definition) is 9. The van der Waals surface area contributed by atoms with Crippen molar-refractivity contribution in [1.29, 1.82) is 0 Å². The molecule has 4 N–H and O–H groups in total. The smallest absolute Gasteiger partial charge is 0.264 e. The number of nitrogens with two attached hydrogens (primary N) is 1. The van der Waals surface area contributed by atoms with Gasteiger partial charge in [-0.05, 0) is 43.3 Å². The molecule has 1 aromatic heterocycles. The number of halogens is 2. The number of nitrogens with zero attached hydrogens (tertiary/aromatic N) is 4. The number of rotatable bonds is 9. The van der Waals surface area contributed by atoms with Gasteiger partial charge in [0.05, 0.1) is 25.7 Å². The van der Waals surface area contributed by atoms with Gasteiger partial charge in [-0.2, -0.15) is 5.10 Å². The van der Waals surface area contributed by atoms with Crippen LogP contribution in [0, 0.1) is 0 Å². The first kappa shape index (κ1) is 24.5. The molecule has 1 heterocycles. The van der Waals surface area contributed by atoms with Gasteiger partial charge in [0.1, 0.15) is 0 Å². The highest BCUT2D eigenvalue weighted by molar-refractivity contribution is 7.99. The molecule has 174 valence electrons. The summed E-state index contributed by atoms with van der Waals surface area (Å²) in [6, 6.07) is 10.2. The molecule has 0 aliphatic carbocycles. The lowest BCUT2D eigenvalue weighted by Crippen LogP contribution is -2.17. The zero-order valence-corrected chi connectivity index (χ0v) is 20.3. The number of ether oxygens (including phenoxy) is 2. The van der Waals surface area contributed by atoms with E-state index in [1.165, 1.54) is 4.68 Å². The van der Waals surface area contributed by atoms with Crippen molar-refractivity contribution in [1.82, 2.24) is 14.9 Å². The van der Waals surface area contributed by atoms with E-state index >= 15 is 0 Å². The lowest BCUT2D eigenvalue weighted by Gasteiger charge is -2.09. The molecule has 2 aromatic carbocycles. The van der Waals surface area contributed by atoms with E-state index in [0.717, 1.165) is 17.3 Å². The van der Waals surface area contributed by atoms with E-state index in [1.54, 1.807) is 44.6 Å². The van der Waals surface area contributed by atoms with Gasteiger partial charge in [-0.25, -0.2) is 10.1 Å². The van der Waals surface area contributed by atoms with Crippen molar-refractivity contribution in [3.05, 3.63) is 52.0 Å². The largest absolute Gasteiger partial charge is 0.493 e. The molecule has 3 rings (SSSR count). The Morgan fingerprint density at radius 2 is 1.82 bits per heavy atom. The lowest BCUT2D eigenvalue weighted by molar-refractivity contribution is -0.113. The maximum absolute atomic E-state index is 12.2. The summed E-state index contributed by atoms with van der Waals surface area (Å²) in [5.41, 5.74) is 4.74. The number of hydrazone groups is 1. The standard InChI is InChI=1S/C20H21Cl2N7O3S/c1-11(12-4-5-16(31-2)17(6-12)32-3)25-26-19-27-28-20(29(19)23)33-10-18(30)24-15-8-13(21)7-14(22)9-15/h4-9H,10,23H2,1-3H3,(H,24,30)(H,26,27)/b25-11+. The van der Waals surface area contributed by atoms with Gasteiger partial charge >= 0.3 is 0 Å². The normalized spacial score (nSPS) is 11.2. The Morgan fingerprint density at radius 3 is 2.48 bits per heavy atom. The molecule has 0 aliphatic heterocycles. The molecular weight excluding hydrogens is 489 g/mol. The summed E-state index contributed by atoms with van der Waals surface area (Å²) in [6.07, 6.45) is 0. The van der Waals surface area contributed by atoms with Gasteiger partial charge in [0.2, 0.25) is 11.1 Å². The number of methoxy groups -OCH3 is 2. The number of amides is 1. The van der Waals surface area contributed by atoms with Gasteiger partial charge in [0.15, 0.2) is 11.5 Å². The summed E-state index contributed by atoms with van der Waals surface area (Å²) in [5.74, 6) is 7.21. The number of nitrogen functional groups attached to an aromatic ring is 1. The highest BCUT2D eigenvalue weighted by Crippen LogP contribution is 2.28. The quantitative estimate of drug-likeness (QED) is 0.171. The fraction of sp³-hybridized carbons (Fsp3) is 0.200. The minimum Gasteiger partial charge on any atom is -0.493 e. The van der Waals surface area contributed by atoms with Crippen LogP contribution >= 0.6 is 35.0 Å². The molecule has 1 amide bonds. The summed E-state index contributed by atoms with van der Waals surface area (Å²) in [4.78, 5) is 12.2. The number of benzene rings is 2. The molecular formula is C20H21Cl2N7O3S. The maximum Gasteiger partial charge on any atom is 0.264 e. The lowest BCUT2D eigenvalue weighted by atomic mass is 10.1. The van der Waals surface area contributed by atoms with Gasteiger partial charge in [-0.15, -0.1) is 10.2 Å². The van der Waals surface area contributed by atoms with Crippen LogP contribution in [0.25, 0.3) is 0 Å². The highest BCUT2D eigenvalue weighted by atomic mass is 35.5. The first-order valence-corrected chi connectivity index (χ1v) is 11.2. The predicted octanol–water partition coefficient (Wildman–Crippen LogP) is 3.88. The minimum atomic E-state index is -0.279. The van der Waals surface area contributed by atoms with Gasteiger partial charge in [-0.3, -0.25) is 4.79 Å². The third kappa shape index (κ3) is 6.44. The number of anilines is 2. The summed E-state index contributed by atoms with van der Waals surface area (Å²) in [6.45, 7) is 1.81. The molecule has 33 heavy (non-hydrogen) atoms. The van der Waals surface area contributed by atoms with E-state index in [-0.39, 0.29) is 17.6 Å². The monoisotopic (exact) mass is 509 g/mol. The molecule has 0 radical (unpaired) electrons. The van der Waals surface area contributed by atoms with Gasteiger partial charge in [-0.1, -0.05) is 35.0 Å². The van der Waals surface area contributed by atoms with E-state index in [9.17, 15) is 4.79 Å². The Morgan fingerprint density at radius 1 is 1.12 bits per heavy atom. The van der Waals surface area contributed by atoms with Crippen molar-refractivity contribution >= 4 is 58.2 Å². The van der Waals surface area contributed by atoms with Crippen LogP contribution in [-0.4, -0.2) is 46.5 Å². The van der Waals surface area contributed by atoms with Crippen molar-refractivity contribution in [3.63, 3.8) is 0 Å². The van der Waals surface area contributed by atoms with Crippen molar-refractivity contribution in [2.75, 3.05) is 36.6 Å². The summed E-state index contributed by atoms with van der Waals surface area (Å²) < 4.78 is 11.8. The molecule has 10 nitrogen and oxygen atoms in total. The second kappa shape index (κ2) is 11.1. The SMILES string of the molecule is COc1ccc(/C(C)=N/Nc2nnc(SCC(=O)Nc3cc(Cl)cc(Cl)c3)n2N)cc1OC. The minimum absolute atomic E-state index is 0.0490. The Labute approximate surface area is 204 Å². The van der Waals surface area contributed by atoms with Crippen molar-refractivity contribution in [2.24, 2.45) is 5.10 Å². The maximum atomic E-state index is 12.2. The van der Waals surface area contributed by atoms with E-state index < -0.39 is 0 Å². The van der Waals surface area contributed by atoms with Gasteiger partial charge < -0.3 is 20.6 Å². The summed E-state index contributed by atoms with van der Waals surface area (Å²) >= 11 is 13.0. The summed E-state index contributed by atoms with van der Waals surface area (Å²) in [7, 11) is 3.13. The second-order valence-electron chi connectivity index (χ2n) is 6.55. The third-order valence-electron chi connectivity index (χ3n) is 4.27. The number of carbonyl (C=O) groups is 1. The topological polar surface area (TPSA) is 129 Å². The molecule has 3 aromatic rings. The predicted molar refractivity (Wildman–Crippen MR) is 131 cm³/mol. The van der Waals surface area contributed by atoms with Crippen molar-refractivity contribution < 1.29 is 14.3 Å². The van der Waals surface area contributed by atoms with Gasteiger partial charge in [0, 0.05) is 21.3 Å². The number of aromatic nitrogens is 3. The molecule has 0 fully saturated rings. The van der Waals surface area contributed by atoms with Crippen LogP contribution in [0.15, 0.2) is 46.7 Å². The Hall–Kier alpha value is -3.15. The van der Waals surface area contributed by atoms with Crippen LogP contribution in [0.2, 0.25) is 10.0 Å².